The first kappa shape index (κ1) is 15.5. The Morgan fingerprint density at radius 1 is 1.32 bits per heavy atom. The molecule has 1 fully saturated rings. The quantitative estimate of drug-likeness (QED) is 0.882. The van der Waals surface area contributed by atoms with Crippen LogP contribution in [-0.2, 0) is 10.0 Å². The maximum Gasteiger partial charge on any atom is 0.271 e. The summed E-state index contributed by atoms with van der Waals surface area (Å²) in [5.74, 6) is 0.623. The number of hydrogen-bond donors (Lipinski definition) is 1. The molecule has 8 nitrogen and oxygen atoms in total. The van der Waals surface area contributed by atoms with Gasteiger partial charge in [-0.3, -0.25) is 0 Å². The van der Waals surface area contributed by atoms with Gasteiger partial charge in [0.05, 0.1) is 11.8 Å². The van der Waals surface area contributed by atoms with Crippen molar-refractivity contribution in [1.82, 2.24) is 19.4 Å². The van der Waals surface area contributed by atoms with Gasteiger partial charge in [-0.05, 0) is 20.8 Å². The monoisotopic (exact) mass is 344 g/mol. The first-order chi connectivity index (χ1) is 10.3. The molecule has 3 rings (SSSR count). The molecular weight excluding hydrogens is 328 g/mol. The first-order valence-corrected chi connectivity index (χ1v) is 8.99. The van der Waals surface area contributed by atoms with Gasteiger partial charge in [-0.15, -0.1) is 11.3 Å². The predicted molar refractivity (Wildman–Crippen MR) is 77.9 cm³/mol. The van der Waals surface area contributed by atoms with Crippen LogP contribution >= 0.6 is 11.3 Å². The molecule has 2 aromatic heterocycles. The second-order valence-electron chi connectivity index (χ2n) is 5.28. The molecule has 0 aromatic carbocycles. The third-order valence-corrected chi connectivity index (χ3v) is 6.90. The highest BCUT2D eigenvalue weighted by Crippen LogP contribution is 2.37. The number of β-amino-alcohol motifs (C(OH)–C–C–N with tert-alkyl or cyclic N) is 1. The van der Waals surface area contributed by atoms with E-state index in [0.717, 1.165) is 16.2 Å². The van der Waals surface area contributed by atoms with Crippen LogP contribution in [0.15, 0.2) is 8.86 Å². The first-order valence-electron chi connectivity index (χ1n) is 6.73. The lowest BCUT2D eigenvalue weighted by atomic mass is 10.2. The summed E-state index contributed by atoms with van der Waals surface area (Å²) in [6, 6.07) is -0.661. The number of aliphatic hydroxyl groups excluding tert-OH is 1. The van der Waals surface area contributed by atoms with E-state index >= 15 is 0 Å². The predicted octanol–water partition coefficient (Wildman–Crippen LogP) is 0.948. The fourth-order valence-electron chi connectivity index (χ4n) is 2.38. The molecular formula is C12H16N4O4S2. The minimum Gasteiger partial charge on any atom is -0.392 e. The van der Waals surface area contributed by atoms with Gasteiger partial charge >= 0.3 is 0 Å². The van der Waals surface area contributed by atoms with E-state index in [-0.39, 0.29) is 23.2 Å². The van der Waals surface area contributed by atoms with Crippen molar-refractivity contribution in [3.63, 3.8) is 0 Å². The second-order valence-corrected chi connectivity index (χ2v) is 8.55. The van der Waals surface area contributed by atoms with Gasteiger partial charge in [0.2, 0.25) is 10.2 Å². The highest BCUT2D eigenvalue weighted by molar-refractivity contribution is 7.91. The Labute approximate surface area is 131 Å². The molecule has 0 bridgehead atoms. The minimum atomic E-state index is -3.81. The van der Waals surface area contributed by atoms with Gasteiger partial charge in [-0.1, -0.05) is 5.16 Å². The van der Waals surface area contributed by atoms with Crippen LogP contribution in [0.4, 0.5) is 0 Å². The second kappa shape index (κ2) is 5.37. The summed E-state index contributed by atoms with van der Waals surface area (Å²) in [6.07, 6.45) is -0.543. The fraction of sp³-hybridized carbons (Fsp3) is 0.583. The minimum absolute atomic E-state index is 0.00783. The Bertz CT molecular complexity index is 778. The molecule has 1 aliphatic heterocycles. The number of aromatic nitrogens is 3. The topological polar surface area (TPSA) is 109 Å². The summed E-state index contributed by atoms with van der Waals surface area (Å²) >= 11 is 1.12. The van der Waals surface area contributed by atoms with Gasteiger partial charge in [0.1, 0.15) is 6.04 Å². The Morgan fingerprint density at radius 2 is 2.05 bits per heavy atom. The largest absolute Gasteiger partial charge is 0.392 e. The number of thiazole rings is 1. The van der Waals surface area contributed by atoms with Gasteiger partial charge in [0.25, 0.3) is 10.0 Å². The molecule has 0 spiro atoms. The Kier molecular flexibility index (Phi) is 3.79. The summed E-state index contributed by atoms with van der Waals surface area (Å²) in [5, 5.41) is 13.6. The van der Waals surface area contributed by atoms with Crippen LogP contribution in [0.1, 0.15) is 34.7 Å². The van der Waals surface area contributed by atoms with Gasteiger partial charge < -0.3 is 9.63 Å². The standard InChI is InChI=1S/C12H16N4O4S2/c1-6-7(2)21-12(13-6)22(18,19)16-5-9(17)4-10(16)11-14-8(3)15-20-11/h9-10,17H,4-5H2,1-3H3/t9-,10+/m0/s1. The molecule has 1 saturated heterocycles. The Hall–Kier alpha value is -1.36. The van der Waals surface area contributed by atoms with Crippen molar-refractivity contribution in [2.75, 3.05) is 6.54 Å². The van der Waals surface area contributed by atoms with Crippen molar-refractivity contribution in [1.29, 1.82) is 0 Å². The van der Waals surface area contributed by atoms with E-state index in [4.69, 9.17) is 4.52 Å². The van der Waals surface area contributed by atoms with Gasteiger partial charge in [-0.25, -0.2) is 13.4 Å². The van der Waals surface area contributed by atoms with E-state index in [0.29, 0.717) is 11.5 Å². The van der Waals surface area contributed by atoms with Gasteiger partial charge in [-0.2, -0.15) is 9.29 Å². The summed E-state index contributed by atoms with van der Waals surface area (Å²) in [6.45, 7) is 5.24. The lowest BCUT2D eigenvalue weighted by Crippen LogP contribution is -2.32. The van der Waals surface area contributed by atoms with Crippen molar-refractivity contribution in [3.8, 4) is 0 Å². The third-order valence-electron chi connectivity index (χ3n) is 3.60. The normalized spacial score (nSPS) is 23.3. The number of hydrogen-bond acceptors (Lipinski definition) is 8. The van der Waals surface area contributed by atoms with Crippen LogP contribution in [0.3, 0.4) is 0 Å². The van der Waals surface area contributed by atoms with Crippen LogP contribution in [0.5, 0.6) is 0 Å². The molecule has 1 aliphatic rings. The van der Waals surface area contributed by atoms with Crippen molar-refractivity contribution in [2.24, 2.45) is 0 Å². The molecule has 0 saturated carbocycles. The highest BCUT2D eigenvalue weighted by atomic mass is 32.2. The third kappa shape index (κ3) is 2.56. The lowest BCUT2D eigenvalue weighted by molar-refractivity contribution is 0.188. The molecule has 2 aromatic rings. The average molecular weight is 344 g/mol. The van der Waals surface area contributed by atoms with Crippen molar-refractivity contribution in [2.45, 2.75) is 43.7 Å². The van der Waals surface area contributed by atoms with Crippen LogP contribution in [0.25, 0.3) is 0 Å². The smallest absolute Gasteiger partial charge is 0.271 e. The SMILES string of the molecule is Cc1noc([C@H]2C[C@H](O)CN2S(=O)(=O)c2nc(C)c(C)s2)n1. The molecule has 0 amide bonds. The number of rotatable bonds is 3. The van der Waals surface area contributed by atoms with Gasteiger partial charge in [0, 0.05) is 17.8 Å². The maximum atomic E-state index is 12.8. The molecule has 2 atom stereocenters. The van der Waals surface area contributed by atoms with E-state index in [1.54, 1.807) is 13.8 Å². The van der Waals surface area contributed by atoms with Crippen molar-refractivity contribution >= 4 is 21.4 Å². The van der Waals surface area contributed by atoms with E-state index in [1.165, 1.54) is 4.31 Å². The number of aliphatic hydroxyl groups is 1. The zero-order chi connectivity index (χ0) is 16.1. The van der Waals surface area contributed by atoms with Crippen LogP contribution < -0.4 is 0 Å². The van der Waals surface area contributed by atoms with Crippen molar-refractivity contribution < 1.29 is 18.0 Å². The highest BCUT2D eigenvalue weighted by Gasteiger charge is 2.44. The summed E-state index contributed by atoms with van der Waals surface area (Å²) < 4.78 is 31.9. The number of sulfonamides is 1. The number of nitrogens with zero attached hydrogens (tertiary/aromatic N) is 4. The van der Waals surface area contributed by atoms with Crippen LogP contribution in [0.2, 0.25) is 0 Å². The molecule has 120 valence electrons. The molecule has 0 aliphatic carbocycles. The van der Waals surface area contributed by atoms with Gasteiger partial charge in [0.15, 0.2) is 5.82 Å². The van der Waals surface area contributed by atoms with Crippen LogP contribution in [0, 0.1) is 20.8 Å². The van der Waals surface area contributed by atoms with E-state index < -0.39 is 22.2 Å². The molecule has 0 unspecified atom stereocenters. The van der Waals surface area contributed by atoms with E-state index in [9.17, 15) is 13.5 Å². The zero-order valence-electron chi connectivity index (χ0n) is 12.3. The molecule has 1 N–H and O–H groups in total. The Balaban J connectivity index is 2.00. The summed E-state index contributed by atoms with van der Waals surface area (Å²) in [5.41, 5.74) is 0.688. The van der Waals surface area contributed by atoms with E-state index in [2.05, 4.69) is 15.1 Å². The van der Waals surface area contributed by atoms with E-state index in [1.807, 2.05) is 6.92 Å². The van der Waals surface area contributed by atoms with Crippen molar-refractivity contribution in [3.05, 3.63) is 22.3 Å². The molecule has 3 heterocycles. The summed E-state index contributed by atoms with van der Waals surface area (Å²) in [7, 11) is -3.81. The number of aryl methyl sites for hydroxylation is 3. The molecule has 10 heteroatoms. The average Bonchev–Trinajstić information content (AvgIpc) is 3.11. The Morgan fingerprint density at radius 3 is 2.59 bits per heavy atom. The fourth-order valence-corrected chi connectivity index (χ4v) is 5.43. The maximum absolute atomic E-state index is 12.8. The summed E-state index contributed by atoms with van der Waals surface area (Å²) in [4.78, 5) is 9.07. The lowest BCUT2D eigenvalue weighted by Gasteiger charge is -2.19. The molecule has 0 radical (unpaired) electrons. The zero-order valence-corrected chi connectivity index (χ0v) is 14.0. The molecule has 22 heavy (non-hydrogen) atoms. The van der Waals surface area contributed by atoms with Crippen LogP contribution in [-0.4, -0.2) is 45.6 Å².